The number of hydrogen-bond acceptors (Lipinski definition) is 1. The molecule has 1 heterocycles. The van der Waals surface area contributed by atoms with Gasteiger partial charge in [0.1, 0.15) is 0 Å². The number of halogens is 1. The molecule has 0 aromatic carbocycles. The summed E-state index contributed by atoms with van der Waals surface area (Å²) in [5, 5.41) is 0. The third-order valence-electron chi connectivity index (χ3n) is 3.20. The smallest absolute Gasteiger partial charge is 0.0293 e. The third kappa shape index (κ3) is 4.14. The summed E-state index contributed by atoms with van der Waals surface area (Å²) in [7, 11) is 0. The highest BCUT2D eigenvalue weighted by atomic mass is 79.9. The lowest BCUT2D eigenvalue weighted by Crippen LogP contribution is -2.26. The molecule has 1 fully saturated rings. The largest absolute Gasteiger partial charge is 0.299 e. The zero-order valence-corrected chi connectivity index (χ0v) is 11.0. The molecule has 0 spiro atoms. The highest BCUT2D eigenvalue weighted by Gasteiger charge is 2.19. The molecule has 1 saturated heterocycles. The molecule has 1 rings (SSSR count). The molecule has 0 aromatic rings. The highest BCUT2D eigenvalue weighted by Crippen LogP contribution is 2.24. The topological polar surface area (TPSA) is 3.24 Å². The Morgan fingerprint density at radius 2 is 2.14 bits per heavy atom. The van der Waals surface area contributed by atoms with Gasteiger partial charge >= 0.3 is 0 Å². The van der Waals surface area contributed by atoms with Crippen LogP contribution in [0.15, 0.2) is 11.1 Å². The van der Waals surface area contributed by atoms with Crippen LogP contribution in [0.2, 0.25) is 0 Å². The summed E-state index contributed by atoms with van der Waals surface area (Å²) in [6, 6.07) is 0. The second-order valence-corrected chi connectivity index (χ2v) is 5.85. The molecule has 1 nitrogen and oxygen atoms in total. The maximum atomic E-state index is 3.91. The first-order valence-corrected chi connectivity index (χ1v) is 6.44. The minimum Gasteiger partial charge on any atom is -0.299 e. The van der Waals surface area contributed by atoms with Crippen LogP contribution in [-0.4, -0.2) is 24.5 Å². The Morgan fingerprint density at radius 1 is 1.43 bits per heavy atom. The lowest BCUT2D eigenvalue weighted by molar-refractivity contribution is 0.294. The van der Waals surface area contributed by atoms with E-state index in [0.717, 1.165) is 22.9 Å². The van der Waals surface area contributed by atoms with Gasteiger partial charge in [0.25, 0.3) is 0 Å². The van der Waals surface area contributed by atoms with E-state index < -0.39 is 0 Å². The van der Waals surface area contributed by atoms with Crippen LogP contribution >= 0.6 is 15.9 Å². The van der Waals surface area contributed by atoms with E-state index >= 15 is 0 Å². The van der Waals surface area contributed by atoms with Crippen LogP contribution in [-0.2, 0) is 0 Å². The fourth-order valence-corrected chi connectivity index (χ4v) is 2.60. The first kappa shape index (κ1) is 12.3. The van der Waals surface area contributed by atoms with Crippen LogP contribution in [0.5, 0.6) is 0 Å². The van der Waals surface area contributed by atoms with E-state index in [0.29, 0.717) is 0 Å². The Labute approximate surface area is 96.7 Å². The fraction of sp³-hybridized carbons (Fsp3) is 0.833. The summed E-state index contributed by atoms with van der Waals surface area (Å²) in [5.74, 6) is 1.78. The van der Waals surface area contributed by atoms with Crippen LogP contribution in [0.4, 0.5) is 0 Å². The Morgan fingerprint density at radius 3 is 2.71 bits per heavy atom. The summed E-state index contributed by atoms with van der Waals surface area (Å²) in [5.41, 5.74) is 0. The first-order chi connectivity index (χ1) is 6.59. The molecule has 0 N–H and O–H groups in total. The van der Waals surface area contributed by atoms with Gasteiger partial charge in [0.2, 0.25) is 0 Å². The number of nitrogens with zero attached hydrogens (tertiary/aromatic N) is 1. The standard InChI is InChI=1S/C12H22BrN/c1-10(2)12-5-4-7-14(8-6-12)9-11(3)13/h10,12H,3-9H2,1-2H3. The molecular weight excluding hydrogens is 238 g/mol. The molecule has 0 radical (unpaired) electrons. The Balaban J connectivity index is 2.36. The van der Waals surface area contributed by atoms with E-state index in [1.807, 2.05) is 0 Å². The molecule has 1 aliphatic heterocycles. The molecule has 1 aliphatic rings. The molecule has 2 heteroatoms. The van der Waals surface area contributed by atoms with Crippen molar-refractivity contribution in [3.8, 4) is 0 Å². The van der Waals surface area contributed by atoms with Gasteiger partial charge in [-0.25, -0.2) is 0 Å². The zero-order chi connectivity index (χ0) is 10.6. The van der Waals surface area contributed by atoms with Crippen molar-refractivity contribution in [1.29, 1.82) is 0 Å². The summed E-state index contributed by atoms with van der Waals surface area (Å²) in [4.78, 5) is 2.51. The van der Waals surface area contributed by atoms with Crippen LogP contribution in [0.1, 0.15) is 33.1 Å². The van der Waals surface area contributed by atoms with Gasteiger partial charge in [-0.15, -0.1) is 0 Å². The van der Waals surface area contributed by atoms with E-state index in [1.54, 1.807) is 0 Å². The molecular formula is C12H22BrN. The van der Waals surface area contributed by atoms with Gasteiger partial charge in [0.15, 0.2) is 0 Å². The number of likely N-dealkylation sites (tertiary alicyclic amines) is 1. The lowest BCUT2D eigenvalue weighted by atomic mass is 9.89. The molecule has 14 heavy (non-hydrogen) atoms. The third-order valence-corrected chi connectivity index (χ3v) is 3.45. The minimum absolute atomic E-state index is 0.849. The average molecular weight is 260 g/mol. The van der Waals surface area contributed by atoms with E-state index in [2.05, 4.69) is 41.3 Å². The number of hydrogen-bond donors (Lipinski definition) is 0. The van der Waals surface area contributed by atoms with Gasteiger partial charge in [-0.05, 0) is 44.2 Å². The van der Waals surface area contributed by atoms with Gasteiger partial charge in [-0.3, -0.25) is 4.90 Å². The molecule has 0 saturated carbocycles. The van der Waals surface area contributed by atoms with Crippen LogP contribution in [0.3, 0.4) is 0 Å². The fourth-order valence-electron chi connectivity index (χ4n) is 2.25. The minimum atomic E-state index is 0.849. The molecule has 82 valence electrons. The van der Waals surface area contributed by atoms with Crippen molar-refractivity contribution < 1.29 is 0 Å². The average Bonchev–Trinajstić information content (AvgIpc) is 2.28. The van der Waals surface area contributed by atoms with Crippen molar-refractivity contribution in [2.45, 2.75) is 33.1 Å². The van der Waals surface area contributed by atoms with Crippen molar-refractivity contribution in [3.63, 3.8) is 0 Å². The molecule has 0 amide bonds. The quantitative estimate of drug-likeness (QED) is 0.748. The van der Waals surface area contributed by atoms with Crippen molar-refractivity contribution in [2.24, 2.45) is 11.8 Å². The van der Waals surface area contributed by atoms with Crippen LogP contribution < -0.4 is 0 Å². The SMILES string of the molecule is C=C(Br)CN1CCCC(C(C)C)CC1. The molecule has 1 atom stereocenters. The monoisotopic (exact) mass is 259 g/mol. The van der Waals surface area contributed by atoms with E-state index in [9.17, 15) is 0 Å². The zero-order valence-electron chi connectivity index (χ0n) is 9.43. The van der Waals surface area contributed by atoms with E-state index in [1.165, 1.54) is 32.4 Å². The van der Waals surface area contributed by atoms with Crippen molar-refractivity contribution in [1.82, 2.24) is 4.90 Å². The van der Waals surface area contributed by atoms with Crippen molar-refractivity contribution in [3.05, 3.63) is 11.1 Å². The van der Waals surface area contributed by atoms with Crippen LogP contribution in [0.25, 0.3) is 0 Å². The maximum Gasteiger partial charge on any atom is 0.0293 e. The van der Waals surface area contributed by atoms with Gasteiger partial charge in [0.05, 0.1) is 0 Å². The van der Waals surface area contributed by atoms with E-state index in [-0.39, 0.29) is 0 Å². The normalized spacial score (nSPS) is 25.0. The summed E-state index contributed by atoms with van der Waals surface area (Å²) in [6.45, 7) is 12.1. The molecule has 0 aromatic heterocycles. The predicted molar refractivity (Wildman–Crippen MR) is 66.7 cm³/mol. The van der Waals surface area contributed by atoms with Crippen molar-refractivity contribution >= 4 is 15.9 Å². The maximum absolute atomic E-state index is 3.91. The summed E-state index contributed by atoms with van der Waals surface area (Å²) >= 11 is 3.44. The Kier molecular flexibility index (Phi) is 5.18. The highest BCUT2D eigenvalue weighted by molar-refractivity contribution is 9.11. The van der Waals surface area contributed by atoms with Gasteiger partial charge in [-0.1, -0.05) is 36.4 Å². The second kappa shape index (κ2) is 5.92. The second-order valence-electron chi connectivity index (χ2n) is 4.73. The molecule has 1 unspecified atom stereocenters. The lowest BCUT2D eigenvalue weighted by Gasteiger charge is -2.20. The van der Waals surface area contributed by atoms with Gasteiger partial charge in [0, 0.05) is 11.0 Å². The van der Waals surface area contributed by atoms with Crippen LogP contribution in [0, 0.1) is 11.8 Å². The number of rotatable bonds is 3. The predicted octanol–water partition coefficient (Wildman–Crippen LogP) is 3.65. The Bertz CT molecular complexity index is 189. The summed E-state index contributed by atoms with van der Waals surface area (Å²) in [6.07, 6.45) is 4.12. The Hall–Kier alpha value is 0.180. The van der Waals surface area contributed by atoms with E-state index in [4.69, 9.17) is 0 Å². The van der Waals surface area contributed by atoms with Crippen molar-refractivity contribution in [2.75, 3.05) is 19.6 Å². The summed E-state index contributed by atoms with van der Waals surface area (Å²) < 4.78 is 1.11. The molecule has 0 aliphatic carbocycles. The van der Waals surface area contributed by atoms with Gasteiger partial charge < -0.3 is 0 Å². The first-order valence-electron chi connectivity index (χ1n) is 5.65. The van der Waals surface area contributed by atoms with Gasteiger partial charge in [-0.2, -0.15) is 0 Å². The molecule has 0 bridgehead atoms.